The number of halogens is 3. The van der Waals surface area contributed by atoms with E-state index in [-0.39, 0.29) is 5.41 Å². The summed E-state index contributed by atoms with van der Waals surface area (Å²) in [5, 5.41) is 17.8. The first-order valence-electron chi connectivity index (χ1n) is 11.9. The van der Waals surface area contributed by atoms with Gasteiger partial charge in [0.1, 0.15) is 0 Å². The molecule has 13 heteroatoms. The second-order valence-electron chi connectivity index (χ2n) is 9.56. The maximum atomic E-state index is 10.6. The van der Waals surface area contributed by atoms with E-state index in [0.717, 1.165) is 82.5 Å². The van der Waals surface area contributed by atoms with Crippen LogP contribution in [0.4, 0.5) is 19.1 Å². The van der Waals surface area contributed by atoms with Gasteiger partial charge in [0.2, 0.25) is 5.95 Å². The predicted octanol–water partition coefficient (Wildman–Crippen LogP) is 2.65. The fraction of sp³-hybridized carbons (Fsp3) is 0.652. The maximum absolute atomic E-state index is 10.6. The van der Waals surface area contributed by atoms with Crippen LogP contribution in [0.15, 0.2) is 12.4 Å². The first-order chi connectivity index (χ1) is 17.2. The maximum Gasteiger partial charge on any atom is 0.490 e. The Hall–Kier alpha value is -2.77. The number of hydrogen-bond acceptors (Lipinski definition) is 8. The number of ether oxygens (including phenoxy) is 2. The van der Waals surface area contributed by atoms with Crippen molar-refractivity contribution in [3.8, 4) is 0 Å². The van der Waals surface area contributed by atoms with Crippen LogP contribution in [0.1, 0.15) is 41.8 Å². The molecule has 1 spiro atoms. The molecule has 198 valence electrons. The molecule has 0 bridgehead atoms. The van der Waals surface area contributed by atoms with Gasteiger partial charge in [-0.3, -0.25) is 10.00 Å². The number of aliphatic carboxylic acids is 1. The fourth-order valence-corrected chi connectivity index (χ4v) is 4.85. The number of nitrogens with zero attached hydrogens (tertiary/aromatic N) is 4. The van der Waals surface area contributed by atoms with Gasteiger partial charge >= 0.3 is 12.1 Å². The van der Waals surface area contributed by atoms with Gasteiger partial charge in [0.15, 0.2) is 0 Å². The summed E-state index contributed by atoms with van der Waals surface area (Å²) < 4.78 is 43.2. The van der Waals surface area contributed by atoms with Crippen molar-refractivity contribution in [1.82, 2.24) is 25.1 Å². The van der Waals surface area contributed by atoms with Crippen LogP contribution >= 0.6 is 0 Å². The molecule has 0 saturated carbocycles. The van der Waals surface area contributed by atoms with Crippen LogP contribution in [-0.4, -0.2) is 81.8 Å². The Morgan fingerprint density at radius 1 is 1.31 bits per heavy atom. The highest BCUT2D eigenvalue weighted by Gasteiger charge is 2.45. The lowest BCUT2D eigenvalue weighted by atomic mass is 9.80. The van der Waals surface area contributed by atoms with Gasteiger partial charge in [-0.15, -0.1) is 0 Å². The smallest absolute Gasteiger partial charge is 0.475 e. The Morgan fingerprint density at radius 2 is 2.06 bits per heavy atom. The van der Waals surface area contributed by atoms with Crippen LogP contribution in [0.25, 0.3) is 0 Å². The van der Waals surface area contributed by atoms with Crippen molar-refractivity contribution in [2.45, 2.75) is 50.9 Å². The van der Waals surface area contributed by atoms with Crippen LogP contribution < -0.4 is 5.32 Å². The number of carbonyl (C=O) groups is 1. The van der Waals surface area contributed by atoms with Crippen molar-refractivity contribution in [3.63, 3.8) is 0 Å². The molecule has 0 aromatic carbocycles. The standard InChI is InChI=1S/C21H30N6O2.C2HF3O2/c1-15-17(10-24-26-15)11-27-5-4-21(13-27)14-29-12-18-9-23-20(25-19(18)21)22-8-16-2-6-28-7-3-16;3-2(4,5)1(6)7/h9-10,16H,2-8,11-14H2,1H3,(H,24,26)(H,22,23,25);(H,6,7). The average molecular weight is 513 g/mol. The molecule has 2 fully saturated rings. The first kappa shape index (κ1) is 26.3. The molecule has 2 saturated heterocycles. The molecule has 2 aromatic rings. The van der Waals surface area contributed by atoms with Gasteiger partial charge in [-0.2, -0.15) is 18.3 Å². The van der Waals surface area contributed by atoms with Crippen LogP contribution in [0.5, 0.6) is 0 Å². The summed E-state index contributed by atoms with van der Waals surface area (Å²) in [5.74, 6) is -1.37. The Morgan fingerprint density at radius 3 is 2.72 bits per heavy atom. The van der Waals surface area contributed by atoms with E-state index in [1.165, 1.54) is 11.3 Å². The van der Waals surface area contributed by atoms with Crippen molar-refractivity contribution in [2.75, 3.05) is 44.8 Å². The fourth-order valence-electron chi connectivity index (χ4n) is 4.85. The quantitative estimate of drug-likeness (QED) is 0.554. The number of hydrogen-bond donors (Lipinski definition) is 3. The normalized spacial score (nSPS) is 22.7. The number of aryl methyl sites for hydroxylation is 1. The number of fused-ring (bicyclic) bond motifs is 2. The molecule has 0 amide bonds. The summed E-state index contributed by atoms with van der Waals surface area (Å²) in [5.41, 5.74) is 4.69. The van der Waals surface area contributed by atoms with Gasteiger partial charge in [-0.25, -0.2) is 14.8 Å². The number of aromatic nitrogens is 4. The summed E-state index contributed by atoms with van der Waals surface area (Å²) in [6.45, 7) is 8.99. The van der Waals surface area contributed by atoms with Gasteiger partial charge in [0.05, 0.1) is 30.5 Å². The number of carboxylic acid groups (broad SMARTS) is 1. The minimum Gasteiger partial charge on any atom is -0.475 e. The molecule has 5 heterocycles. The van der Waals surface area contributed by atoms with E-state index < -0.39 is 12.1 Å². The number of anilines is 1. The van der Waals surface area contributed by atoms with Crippen LogP contribution in [-0.2, 0) is 32.8 Å². The minimum atomic E-state index is -5.08. The number of likely N-dealkylation sites (tertiary alicyclic amines) is 1. The van der Waals surface area contributed by atoms with Gasteiger partial charge in [0.25, 0.3) is 0 Å². The van der Waals surface area contributed by atoms with Crippen LogP contribution in [0, 0.1) is 12.8 Å². The Labute approximate surface area is 206 Å². The Balaban J connectivity index is 0.000000384. The van der Waals surface area contributed by atoms with Gasteiger partial charge in [-0.05, 0) is 38.6 Å². The van der Waals surface area contributed by atoms with Crippen molar-refractivity contribution in [2.24, 2.45) is 5.92 Å². The number of aromatic amines is 1. The molecule has 3 aliphatic rings. The molecule has 5 rings (SSSR count). The third kappa shape index (κ3) is 6.31. The number of rotatable bonds is 5. The average Bonchev–Trinajstić information content (AvgIpc) is 3.45. The zero-order chi connectivity index (χ0) is 25.8. The van der Waals surface area contributed by atoms with E-state index in [1.54, 1.807) is 0 Å². The zero-order valence-corrected chi connectivity index (χ0v) is 20.1. The van der Waals surface area contributed by atoms with Crippen LogP contribution in [0.3, 0.4) is 0 Å². The molecule has 0 aliphatic carbocycles. The highest BCUT2D eigenvalue weighted by atomic mass is 19.4. The number of carboxylic acids is 1. The van der Waals surface area contributed by atoms with Gasteiger partial charge in [-0.1, -0.05) is 0 Å². The largest absolute Gasteiger partial charge is 0.490 e. The summed E-state index contributed by atoms with van der Waals surface area (Å²) in [6.07, 6.45) is 2.09. The summed E-state index contributed by atoms with van der Waals surface area (Å²) in [7, 11) is 0. The minimum absolute atomic E-state index is 0.0384. The van der Waals surface area contributed by atoms with E-state index in [4.69, 9.17) is 24.4 Å². The summed E-state index contributed by atoms with van der Waals surface area (Å²) in [6, 6.07) is 0. The van der Waals surface area contributed by atoms with E-state index in [2.05, 4.69) is 32.3 Å². The highest BCUT2D eigenvalue weighted by molar-refractivity contribution is 5.73. The Bertz CT molecular complexity index is 1040. The first-order valence-corrected chi connectivity index (χ1v) is 11.9. The predicted molar refractivity (Wildman–Crippen MR) is 122 cm³/mol. The monoisotopic (exact) mass is 512 g/mol. The topological polar surface area (TPSA) is 125 Å². The van der Waals surface area contributed by atoms with Crippen molar-refractivity contribution < 1.29 is 32.5 Å². The second-order valence-corrected chi connectivity index (χ2v) is 9.56. The van der Waals surface area contributed by atoms with E-state index in [9.17, 15) is 13.2 Å². The highest BCUT2D eigenvalue weighted by Crippen LogP contribution is 2.39. The lowest BCUT2D eigenvalue weighted by Gasteiger charge is -2.34. The van der Waals surface area contributed by atoms with E-state index in [1.807, 2.05) is 12.4 Å². The number of alkyl halides is 3. The molecule has 1 unspecified atom stereocenters. The molecule has 10 nitrogen and oxygen atoms in total. The molecule has 2 aromatic heterocycles. The van der Waals surface area contributed by atoms with Crippen molar-refractivity contribution in [3.05, 3.63) is 34.9 Å². The summed E-state index contributed by atoms with van der Waals surface area (Å²) >= 11 is 0. The molecular weight excluding hydrogens is 481 g/mol. The molecule has 1 atom stereocenters. The van der Waals surface area contributed by atoms with Crippen LogP contribution in [0.2, 0.25) is 0 Å². The lowest BCUT2D eigenvalue weighted by Crippen LogP contribution is -2.40. The van der Waals surface area contributed by atoms with E-state index in [0.29, 0.717) is 12.5 Å². The number of nitrogens with one attached hydrogen (secondary N) is 2. The second kappa shape index (κ2) is 11.1. The third-order valence-corrected chi connectivity index (χ3v) is 6.90. The van der Waals surface area contributed by atoms with Gasteiger partial charge in [0, 0.05) is 55.9 Å². The molecular formula is C23H31F3N6O4. The van der Waals surface area contributed by atoms with Crippen molar-refractivity contribution in [1.29, 1.82) is 0 Å². The molecule has 36 heavy (non-hydrogen) atoms. The molecule has 0 radical (unpaired) electrons. The number of H-pyrrole nitrogens is 1. The van der Waals surface area contributed by atoms with Crippen molar-refractivity contribution >= 4 is 11.9 Å². The zero-order valence-electron chi connectivity index (χ0n) is 20.1. The summed E-state index contributed by atoms with van der Waals surface area (Å²) in [4.78, 5) is 21.0. The lowest BCUT2D eigenvalue weighted by molar-refractivity contribution is -0.192. The molecule has 3 aliphatic heterocycles. The Kier molecular flexibility index (Phi) is 8.10. The van der Waals surface area contributed by atoms with E-state index >= 15 is 0 Å². The third-order valence-electron chi connectivity index (χ3n) is 6.90. The molecule has 3 N–H and O–H groups in total. The van der Waals surface area contributed by atoms with Gasteiger partial charge < -0.3 is 19.9 Å². The SMILES string of the molecule is Cc1[nH]ncc1CN1CCC2(COCc3cnc(NCC4CCOCC4)nc32)C1.O=C(O)C(F)(F)F.